The van der Waals surface area contributed by atoms with Gasteiger partial charge in [-0.25, -0.2) is 0 Å². The number of fused-ring (bicyclic) bond motifs is 10. The van der Waals surface area contributed by atoms with Gasteiger partial charge in [-0.15, -0.1) is 10.2 Å². The molecule has 0 aliphatic heterocycles. The number of hydrogen-bond acceptors (Lipinski definition) is 3. The SMILES string of the molecule is c1ccc(-c2nnc(-c3cccc4c5ccccc5n(-c5ccccc5-c5cccc(-n6c7ccccc7c7c8oc9ccccc9c8ccc76)c5)c34)n2-c2ccccc2)cc1. The van der Waals surface area contributed by atoms with Gasteiger partial charge in [0.25, 0.3) is 0 Å². The Morgan fingerprint density at radius 3 is 1.82 bits per heavy atom. The summed E-state index contributed by atoms with van der Waals surface area (Å²) in [6.45, 7) is 0. The predicted molar refractivity (Wildman–Crippen MR) is 254 cm³/mol. The van der Waals surface area contributed by atoms with Crippen LogP contribution in [0.25, 0.3) is 117 Å². The van der Waals surface area contributed by atoms with Crippen LogP contribution in [0.5, 0.6) is 0 Å². The van der Waals surface area contributed by atoms with E-state index in [1.54, 1.807) is 0 Å². The Hall–Kier alpha value is -8.48. The fourth-order valence-corrected chi connectivity index (χ4v) is 9.74. The first kappa shape index (κ1) is 34.4. The molecule has 0 bridgehead atoms. The van der Waals surface area contributed by atoms with Gasteiger partial charge in [0.1, 0.15) is 11.2 Å². The fraction of sp³-hybridized carbons (Fsp3) is 0. The number of nitrogens with zero attached hydrogens (tertiary/aromatic N) is 5. The van der Waals surface area contributed by atoms with Crippen LogP contribution in [0.1, 0.15) is 0 Å². The lowest BCUT2D eigenvalue weighted by atomic mass is 10.0. The van der Waals surface area contributed by atoms with Crippen LogP contribution in [0.3, 0.4) is 0 Å². The van der Waals surface area contributed by atoms with Crippen LogP contribution >= 0.6 is 0 Å². The van der Waals surface area contributed by atoms with Gasteiger partial charge in [-0.3, -0.25) is 4.57 Å². The average Bonchev–Trinajstić information content (AvgIpc) is 4.12. The Morgan fingerprint density at radius 2 is 0.968 bits per heavy atom. The highest BCUT2D eigenvalue weighted by atomic mass is 16.3. The molecule has 0 atom stereocenters. The van der Waals surface area contributed by atoms with Gasteiger partial charge in [0.2, 0.25) is 0 Å². The molecular weight excluding hydrogens is 759 g/mol. The molecule has 0 saturated carbocycles. The van der Waals surface area contributed by atoms with Crippen molar-refractivity contribution in [3.05, 3.63) is 212 Å². The van der Waals surface area contributed by atoms with Crippen molar-refractivity contribution in [1.82, 2.24) is 23.9 Å². The quantitative estimate of drug-likeness (QED) is 0.168. The van der Waals surface area contributed by atoms with E-state index < -0.39 is 0 Å². The lowest BCUT2D eigenvalue weighted by Crippen LogP contribution is -2.03. The third kappa shape index (κ3) is 5.04. The van der Waals surface area contributed by atoms with Crippen molar-refractivity contribution in [2.24, 2.45) is 0 Å². The van der Waals surface area contributed by atoms with Crippen molar-refractivity contribution >= 4 is 65.6 Å². The zero-order chi connectivity index (χ0) is 40.7. The minimum Gasteiger partial charge on any atom is -0.455 e. The van der Waals surface area contributed by atoms with E-state index in [9.17, 15) is 0 Å². The van der Waals surface area contributed by atoms with E-state index in [1.807, 2.05) is 30.3 Å². The Bertz CT molecular complexity index is 3870. The Balaban J connectivity index is 1.04. The van der Waals surface area contributed by atoms with Crippen molar-refractivity contribution in [3.63, 3.8) is 0 Å². The maximum absolute atomic E-state index is 6.62. The Morgan fingerprint density at radius 1 is 0.355 bits per heavy atom. The van der Waals surface area contributed by atoms with E-state index in [-0.39, 0.29) is 0 Å². The van der Waals surface area contributed by atoms with Gasteiger partial charge >= 0.3 is 0 Å². The standard InChI is InChI=1S/C56H35N5O/c1-3-17-36(18-4-1)55-57-58-56(60(55)38-20-5-2-6-21-38)46-28-16-27-43-41-24-8-12-30-48(41)61(53(43)46)47-29-11-7-23-40(47)37-19-15-22-39(35-37)59-49-31-13-9-26-45(49)52-50(59)34-33-44-42-25-10-14-32-51(42)62-54(44)52/h1-35H. The van der Waals surface area contributed by atoms with Gasteiger partial charge in [0.05, 0.1) is 33.1 Å². The molecule has 0 radical (unpaired) electrons. The molecule has 62 heavy (non-hydrogen) atoms. The minimum atomic E-state index is 0.772. The zero-order valence-electron chi connectivity index (χ0n) is 33.4. The summed E-state index contributed by atoms with van der Waals surface area (Å²) in [4.78, 5) is 0. The van der Waals surface area contributed by atoms with Crippen LogP contribution in [0.2, 0.25) is 0 Å². The number of hydrogen-bond donors (Lipinski definition) is 0. The highest BCUT2D eigenvalue weighted by Crippen LogP contribution is 2.43. The van der Waals surface area contributed by atoms with Gasteiger partial charge in [0.15, 0.2) is 11.6 Å². The van der Waals surface area contributed by atoms with E-state index in [2.05, 4.69) is 196 Å². The van der Waals surface area contributed by atoms with Gasteiger partial charge in [-0.1, -0.05) is 146 Å². The van der Waals surface area contributed by atoms with Crippen LogP contribution in [0.15, 0.2) is 217 Å². The number of furan rings is 1. The molecule has 6 heteroatoms. The number of aromatic nitrogens is 5. The first-order valence-corrected chi connectivity index (χ1v) is 20.9. The summed E-state index contributed by atoms with van der Waals surface area (Å²) in [5.41, 5.74) is 13.6. The lowest BCUT2D eigenvalue weighted by molar-refractivity contribution is 0.673. The molecule has 6 nitrogen and oxygen atoms in total. The van der Waals surface area contributed by atoms with E-state index in [0.717, 1.165) is 111 Å². The van der Waals surface area contributed by atoms with Crippen molar-refractivity contribution in [2.45, 2.75) is 0 Å². The second kappa shape index (κ2) is 13.5. The summed E-state index contributed by atoms with van der Waals surface area (Å²) in [5.74, 6) is 1.56. The third-order valence-electron chi connectivity index (χ3n) is 12.4. The molecule has 13 aromatic rings. The topological polar surface area (TPSA) is 53.7 Å². The highest BCUT2D eigenvalue weighted by Gasteiger charge is 2.24. The second-order valence-corrected chi connectivity index (χ2v) is 15.8. The molecule has 0 aliphatic carbocycles. The van der Waals surface area contributed by atoms with Gasteiger partial charge in [-0.05, 0) is 72.3 Å². The summed E-state index contributed by atoms with van der Waals surface area (Å²) in [6.07, 6.45) is 0. The van der Waals surface area contributed by atoms with Crippen LogP contribution in [0, 0.1) is 0 Å². The van der Waals surface area contributed by atoms with Crippen molar-refractivity contribution in [1.29, 1.82) is 0 Å². The molecule has 0 N–H and O–H groups in total. The van der Waals surface area contributed by atoms with Crippen molar-refractivity contribution < 1.29 is 4.42 Å². The van der Waals surface area contributed by atoms with E-state index in [4.69, 9.17) is 14.6 Å². The predicted octanol–water partition coefficient (Wildman–Crippen LogP) is 14.4. The molecule has 0 fully saturated rings. The fourth-order valence-electron chi connectivity index (χ4n) is 9.74. The molecule has 4 heterocycles. The van der Waals surface area contributed by atoms with E-state index >= 15 is 0 Å². The summed E-state index contributed by atoms with van der Waals surface area (Å²) in [5, 5.41) is 16.7. The third-order valence-corrected chi connectivity index (χ3v) is 12.4. The minimum absolute atomic E-state index is 0.772. The monoisotopic (exact) mass is 793 g/mol. The molecular formula is C56H35N5O. The number of benzene rings is 9. The van der Waals surface area contributed by atoms with Crippen LogP contribution < -0.4 is 0 Å². The van der Waals surface area contributed by atoms with Crippen LogP contribution in [0.4, 0.5) is 0 Å². The first-order valence-electron chi connectivity index (χ1n) is 20.9. The van der Waals surface area contributed by atoms with Crippen LogP contribution in [-0.4, -0.2) is 23.9 Å². The number of rotatable bonds is 6. The van der Waals surface area contributed by atoms with E-state index in [0.29, 0.717) is 0 Å². The maximum atomic E-state index is 6.62. The zero-order valence-corrected chi connectivity index (χ0v) is 33.4. The first-order chi connectivity index (χ1) is 30.8. The Labute approximate surface area is 355 Å². The summed E-state index contributed by atoms with van der Waals surface area (Å²) < 4.78 is 13.6. The van der Waals surface area contributed by atoms with Gasteiger partial charge in [-0.2, -0.15) is 0 Å². The molecule has 0 spiro atoms. The van der Waals surface area contributed by atoms with E-state index in [1.165, 1.54) is 5.39 Å². The van der Waals surface area contributed by atoms with Crippen LogP contribution in [-0.2, 0) is 0 Å². The summed E-state index contributed by atoms with van der Waals surface area (Å²) in [7, 11) is 0. The summed E-state index contributed by atoms with van der Waals surface area (Å²) >= 11 is 0. The molecule has 0 aliphatic rings. The largest absolute Gasteiger partial charge is 0.455 e. The van der Waals surface area contributed by atoms with Gasteiger partial charge < -0.3 is 13.6 Å². The lowest BCUT2D eigenvalue weighted by Gasteiger charge is -2.17. The molecule has 9 aromatic carbocycles. The normalized spacial score (nSPS) is 11.9. The maximum Gasteiger partial charge on any atom is 0.171 e. The summed E-state index contributed by atoms with van der Waals surface area (Å²) in [6, 6.07) is 75.0. The molecule has 13 rings (SSSR count). The molecule has 0 unspecified atom stereocenters. The molecule has 0 amide bonds. The molecule has 4 aromatic heterocycles. The highest BCUT2D eigenvalue weighted by molar-refractivity contribution is 6.24. The second-order valence-electron chi connectivity index (χ2n) is 15.8. The van der Waals surface area contributed by atoms with Gasteiger partial charge in [0, 0.05) is 55.0 Å². The average molecular weight is 794 g/mol. The van der Waals surface area contributed by atoms with Crippen molar-refractivity contribution in [2.75, 3.05) is 0 Å². The molecule has 290 valence electrons. The van der Waals surface area contributed by atoms with Crippen molar-refractivity contribution in [3.8, 4) is 51.0 Å². The number of para-hydroxylation sites is 6. The molecule has 0 saturated heterocycles. The Kier molecular flexibility index (Phi) is 7.50. The smallest absolute Gasteiger partial charge is 0.171 e.